The summed E-state index contributed by atoms with van der Waals surface area (Å²) in [7, 11) is -3.45. The van der Waals surface area contributed by atoms with Gasteiger partial charge in [-0.05, 0) is 18.6 Å². The molecule has 0 radical (unpaired) electrons. The monoisotopic (exact) mass is 302 g/mol. The Morgan fingerprint density at radius 3 is 2.74 bits per heavy atom. The van der Waals surface area contributed by atoms with Crippen molar-refractivity contribution in [2.24, 2.45) is 0 Å². The lowest BCUT2D eigenvalue weighted by Gasteiger charge is -2.34. The second kappa shape index (κ2) is 5.48. The lowest BCUT2D eigenvalue weighted by atomic mass is 10.0. The first-order chi connectivity index (χ1) is 8.97. The lowest BCUT2D eigenvalue weighted by Crippen LogP contribution is -2.52. The molecule has 1 aliphatic rings. The second-order valence-corrected chi connectivity index (χ2v) is 6.84. The highest BCUT2D eigenvalue weighted by Gasteiger charge is 2.38. The van der Waals surface area contributed by atoms with E-state index in [0.717, 1.165) is 0 Å². The number of rotatable bonds is 3. The van der Waals surface area contributed by atoms with E-state index in [1.807, 2.05) is 0 Å². The van der Waals surface area contributed by atoms with Crippen LogP contribution >= 0.6 is 11.6 Å². The highest BCUT2D eigenvalue weighted by molar-refractivity contribution is 7.89. The number of amides is 1. The molecule has 0 saturated carbocycles. The van der Waals surface area contributed by atoms with Gasteiger partial charge in [-0.3, -0.25) is 4.79 Å². The van der Waals surface area contributed by atoms with E-state index in [9.17, 15) is 13.2 Å². The standard InChI is InChI=1S/C12H15ClN2O3S/c1-2-19(17,18)15-8-7-14-12(16)11(15)9-5-3-4-6-10(9)13/h3-6,11H,2,7-8H2,1H3,(H,14,16)/t11-/m0/s1. The number of piperazine rings is 1. The summed E-state index contributed by atoms with van der Waals surface area (Å²) in [4.78, 5) is 12.0. The molecule has 0 bridgehead atoms. The fourth-order valence-corrected chi connectivity index (χ4v) is 3.58. The molecule has 1 atom stereocenters. The van der Waals surface area contributed by atoms with Gasteiger partial charge in [0.2, 0.25) is 15.9 Å². The van der Waals surface area contributed by atoms with Crippen LogP contribution in [0.1, 0.15) is 18.5 Å². The molecule has 1 N–H and O–H groups in total. The van der Waals surface area contributed by atoms with Crippen LogP contribution in [0.3, 0.4) is 0 Å². The zero-order valence-corrected chi connectivity index (χ0v) is 12.0. The van der Waals surface area contributed by atoms with Gasteiger partial charge in [-0.1, -0.05) is 29.8 Å². The van der Waals surface area contributed by atoms with E-state index in [-0.39, 0.29) is 18.2 Å². The summed E-state index contributed by atoms with van der Waals surface area (Å²) in [6.07, 6.45) is 0. The van der Waals surface area contributed by atoms with Crippen LogP contribution in [0.2, 0.25) is 5.02 Å². The fraction of sp³-hybridized carbons (Fsp3) is 0.417. The molecule has 1 aliphatic heterocycles. The van der Waals surface area contributed by atoms with Crippen molar-refractivity contribution in [2.75, 3.05) is 18.8 Å². The Bertz CT molecular complexity index is 588. The maximum atomic E-state index is 12.1. The number of carbonyl (C=O) groups is 1. The molecule has 1 aromatic rings. The highest BCUT2D eigenvalue weighted by Crippen LogP contribution is 2.31. The summed E-state index contributed by atoms with van der Waals surface area (Å²) >= 11 is 6.08. The van der Waals surface area contributed by atoms with Crippen LogP contribution in [-0.4, -0.2) is 37.5 Å². The Morgan fingerprint density at radius 2 is 2.11 bits per heavy atom. The third-order valence-electron chi connectivity index (χ3n) is 3.09. The van der Waals surface area contributed by atoms with Crippen LogP contribution in [0, 0.1) is 0 Å². The van der Waals surface area contributed by atoms with Crippen LogP contribution in [0.5, 0.6) is 0 Å². The number of sulfonamides is 1. The van der Waals surface area contributed by atoms with Crippen molar-refractivity contribution in [1.82, 2.24) is 9.62 Å². The van der Waals surface area contributed by atoms with Gasteiger partial charge in [0.1, 0.15) is 6.04 Å². The fourth-order valence-electron chi connectivity index (χ4n) is 2.10. The molecule has 0 unspecified atom stereocenters. The van der Waals surface area contributed by atoms with E-state index in [0.29, 0.717) is 17.1 Å². The molecule has 1 saturated heterocycles. The van der Waals surface area contributed by atoms with Crippen LogP contribution < -0.4 is 5.32 Å². The minimum Gasteiger partial charge on any atom is -0.353 e. The van der Waals surface area contributed by atoms with Crippen molar-refractivity contribution in [3.8, 4) is 0 Å². The summed E-state index contributed by atoms with van der Waals surface area (Å²) < 4.78 is 25.4. The van der Waals surface area contributed by atoms with Gasteiger partial charge in [0.05, 0.1) is 5.75 Å². The number of carbonyl (C=O) groups excluding carboxylic acids is 1. The molecule has 5 nitrogen and oxygen atoms in total. The van der Waals surface area contributed by atoms with E-state index in [1.54, 1.807) is 31.2 Å². The largest absolute Gasteiger partial charge is 0.353 e. The zero-order valence-electron chi connectivity index (χ0n) is 10.5. The molecule has 1 aromatic carbocycles. The van der Waals surface area contributed by atoms with Gasteiger partial charge in [0.15, 0.2) is 0 Å². The van der Waals surface area contributed by atoms with Crippen molar-refractivity contribution >= 4 is 27.5 Å². The van der Waals surface area contributed by atoms with Gasteiger partial charge in [-0.2, -0.15) is 4.31 Å². The van der Waals surface area contributed by atoms with Crippen molar-refractivity contribution < 1.29 is 13.2 Å². The molecule has 1 fully saturated rings. The summed E-state index contributed by atoms with van der Waals surface area (Å²) in [5.74, 6) is -0.377. The quantitative estimate of drug-likeness (QED) is 0.911. The predicted molar refractivity (Wildman–Crippen MR) is 73.4 cm³/mol. The normalized spacial score (nSPS) is 21.2. The van der Waals surface area contributed by atoms with E-state index >= 15 is 0 Å². The molecule has 0 spiro atoms. The van der Waals surface area contributed by atoms with Gasteiger partial charge in [-0.25, -0.2) is 8.42 Å². The van der Waals surface area contributed by atoms with Gasteiger partial charge in [0.25, 0.3) is 0 Å². The summed E-state index contributed by atoms with van der Waals surface area (Å²) in [5.41, 5.74) is 0.512. The predicted octanol–water partition coefficient (Wildman–Crippen LogP) is 1.16. The van der Waals surface area contributed by atoms with E-state index in [1.165, 1.54) is 4.31 Å². The van der Waals surface area contributed by atoms with Crippen LogP contribution in [-0.2, 0) is 14.8 Å². The molecule has 0 aromatic heterocycles. The number of benzene rings is 1. The SMILES string of the molecule is CCS(=O)(=O)N1CCNC(=O)[C@@H]1c1ccccc1Cl. The third-order valence-corrected chi connectivity index (χ3v) is 5.27. The zero-order chi connectivity index (χ0) is 14.0. The van der Waals surface area contributed by atoms with Crippen molar-refractivity contribution in [1.29, 1.82) is 0 Å². The molecular formula is C12H15ClN2O3S. The lowest BCUT2D eigenvalue weighted by molar-refractivity contribution is -0.126. The molecule has 104 valence electrons. The number of halogens is 1. The maximum absolute atomic E-state index is 12.1. The number of hydrogen-bond donors (Lipinski definition) is 1. The Morgan fingerprint density at radius 1 is 1.42 bits per heavy atom. The smallest absolute Gasteiger partial charge is 0.243 e. The molecule has 1 heterocycles. The molecule has 19 heavy (non-hydrogen) atoms. The van der Waals surface area contributed by atoms with Crippen molar-refractivity contribution in [3.05, 3.63) is 34.9 Å². The summed E-state index contributed by atoms with van der Waals surface area (Å²) in [6.45, 7) is 2.14. The van der Waals surface area contributed by atoms with Gasteiger partial charge >= 0.3 is 0 Å². The summed E-state index contributed by atoms with van der Waals surface area (Å²) in [5, 5.41) is 3.07. The number of nitrogens with zero attached hydrogens (tertiary/aromatic N) is 1. The maximum Gasteiger partial charge on any atom is 0.243 e. The van der Waals surface area contributed by atoms with Crippen LogP contribution in [0.15, 0.2) is 24.3 Å². The Kier molecular flexibility index (Phi) is 4.13. The van der Waals surface area contributed by atoms with Gasteiger partial charge in [-0.15, -0.1) is 0 Å². The minimum absolute atomic E-state index is 0.0404. The number of hydrogen-bond acceptors (Lipinski definition) is 3. The average Bonchev–Trinajstić information content (AvgIpc) is 2.39. The first-order valence-corrected chi connectivity index (χ1v) is 7.97. The van der Waals surface area contributed by atoms with Crippen molar-refractivity contribution in [2.45, 2.75) is 13.0 Å². The van der Waals surface area contributed by atoms with E-state index in [4.69, 9.17) is 11.6 Å². The highest BCUT2D eigenvalue weighted by atomic mass is 35.5. The van der Waals surface area contributed by atoms with Gasteiger partial charge in [0, 0.05) is 18.1 Å². The van der Waals surface area contributed by atoms with Crippen molar-refractivity contribution in [3.63, 3.8) is 0 Å². The second-order valence-electron chi connectivity index (χ2n) is 4.23. The Balaban J connectivity index is 2.49. The van der Waals surface area contributed by atoms with Crippen LogP contribution in [0.25, 0.3) is 0 Å². The third kappa shape index (κ3) is 2.75. The molecule has 7 heteroatoms. The Labute approximate surface area is 117 Å². The minimum atomic E-state index is -3.45. The molecule has 1 amide bonds. The first kappa shape index (κ1) is 14.3. The molecular weight excluding hydrogens is 288 g/mol. The molecule has 0 aliphatic carbocycles. The van der Waals surface area contributed by atoms with E-state index in [2.05, 4.69) is 5.32 Å². The topological polar surface area (TPSA) is 66.5 Å². The number of nitrogens with one attached hydrogen (secondary N) is 1. The molecule has 2 rings (SSSR count). The van der Waals surface area contributed by atoms with Crippen LogP contribution in [0.4, 0.5) is 0 Å². The van der Waals surface area contributed by atoms with E-state index < -0.39 is 16.1 Å². The Hall–Kier alpha value is -1.11. The first-order valence-electron chi connectivity index (χ1n) is 5.99. The summed E-state index contributed by atoms with van der Waals surface area (Å²) in [6, 6.07) is 5.92. The van der Waals surface area contributed by atoms with Gasteiger partial charge < -0.3 is 5.32 Å². The average molecular weight is 303 g/mol.